The molecule has 1 saturated carbocycles. The zero-order valence-electron chi connectivity index (χ0n) is 24.6. The van der Waals surface area contributed by atoms with E-state index in [0.29, 0.717) is 24.4 Å². The van der Waals surface area contributed by atoms with Crippen molar-refractivity contribution in [2.45, 2.75) is 57.9 Å². The minimum atomic E-state index is -2.67. The number of aromatic nitrogens is 3. The fraction of sp³-hybridized carbons (Fsp3) is 0.424. The smallest absolute Gasteiger partial charge is 0.319 e. The van der Waals surface area contributed by atoms with E-state index in [4.69, 9.17) is 25.7 Å². The Hall–Kier alpha value is -3.07. The first-order valence-corrected chi connectivity index (χ1v) is 17.2. The molecule has 2 aliphatic rings. The summed E-state index contributed by atoms with van der Waals surface area (Å²) in [5.74, 6) is 0.0157. The van der Waals surface area contributed by atoms with Crippen LogP contribution in [0.5, 0.6) is 6.01 Å². The number of halogens is 2. The molecule has 4 aromatic rings. The Labute approximate surface area is 253 Å². The van der Waals surface area contributed by atoms with Gasteiger partial charge in [-0.25, -0.2) is 9.37 Å². The summed E-state index contributed by atoms with van der Waals surface area (Å²) >= 11 is 6.05. The summed E-state index contributed by atoms with van der Waals surface area (Å²) in [5.41, 5.74) is -0.000514. The molecule has 6 rings (SSSR count). The van der Waals surface area contributed by atoms with Crippen molar-refractivity contribution in [1.82, 2.24) is 15.0 Å². The number of pyridine rings is 1. The molecule has 0 amide bonds. The predicted octanol–water partition coefficient (Wildman–Crippen LogP) is 6.54. The Bertz CT molecular complexity index is 1500. The first-order chi connectivity index (χ1) is 20.2. The zero-order valence-corrected chi connectivity index (χ0v) is 26.3. The van der Waals surface area contributed by atoms with E-state index < -0.39 is 14.1 Å². The molecule has 9 heteroatoms. The zero-order chi connectivity index (χ0) is 29.4. The summed E-state index contributed by atoms with van der Waals surface area (Å²) in [4.78, 5) is 15.5. The Morgan fingerprint density at radius 3 is 2.10 bits per heavy atom. The van der Waals surface area contributed by atoms with Crippen LogP contribution < -0.4 is 20.0 Å². The van der Waals surface area contributed by atoms with Crippen LogP contribution in [0.4, 0.5) is 10.2 Å². The van der Waals surface area contributed by atoms with Crippen LogP contribution in [0, 0.1) is 11.2 Å². The van der Waals surface area contributed by atoms with Gasteiger partial charge in [0.2, 0.25) is 0 Å². The number of fused-ring (bicyclic) bond motifs is 1. The molecule has 6 nitrogen and oxygen atoms in total. The van der Waals surface area contributed by atoms with Gasteiger partial charge in [-0.3, -0.25) is 0 Å². The molecule has 0 atom stereocenters. The molecule has 0 unspecified atom stereocenters. The van der Waals surface area contributed by atoms with E-state index in [2.05, 4.69) is 96.3 Å². The summed E-state index contributed by atoms with van der Waals surface area (Å²) in [7, 11) is -2.67. The fourth-order valence-electron chi connectivity index (χ4n) is 6.16. The van der Waals surface area contributed by atoms with E-state index in [-0.39, 0.29) is 27.1 Å². The summed E-state index contributed by atoms with van der Waals surface area (Å²) < 4.78 is 28.6. The van der Waals surface area contributed by atoms with E-state index in [9.17, 15) is 0 Å². The number of piperidine rings is 1. The molecule has 220 valence electrons. The maximum atomic E-state index is 15.1. The highest BCUT2D eigenvalue weighted by atomic mass is 35.5. The van der Waals surface area contributed by atoms with Crippen molar-refractivity contribution in [3.05, 3.63) is 77.8 Å². The number of ether oxygens (including phenoxy) is 1. The van der Waals surface area contributed by atoms with E-state index in [0.717, 1.165) is 38.8 Å². The summed E-state index contributed by atoms with van der Waals surface area (Å²) in [6.45, 7) is 9.53. The van der Waals surface area contributed by atoms with Gasteiger partial charge in [-0.15, -0.1) is 0 Å². The normalized spacial score (nSPS) is 16.9. The fourth-order valence-corrected chi connectivity index (χ4v) is 11.0. The summed E-state index contributed by atoms with van der Waals surface area (Å²) in [6.07, 6.45) is 6.84. The molecule has 1 aliphatic carbocycles. The number of benzene rings is 2. The number of nitrogens with zero attached hydrogens (tertiary/aromatic N) is 4. The SMILES string of the molecule is CC(C)(C)[Si](OCC1(COc2nc(N3CCCCC3)c3cnc(Cl)c(F)c3n2)CC1)(c1ccccc1)c1ccccc1. The van der Waals surface area contributed by atoms with Gasteiger partial charge in [-0.05, 0) is 47.5 Å². The molecule has 3 heterocycles. The molecule has 1 aliphatic heterocycles. The van der Waals surface area contributed by atoms with Gasteiger partial charge in [0.15, 0.2) is 11.0 Å². The van der Waals surface area contributed by atoms with Crippen LogP contribution in [-0.2, 0) is 4.43 Å². The number of hydrogen-bond donors (Lipinski definition) is 0. The Morgan fingerprint density at radius 2 is 1.52 bits per heavy atom. The van der Waals surface area contributed by atoms with Crippen LogP contribution in [-0.4, -0.2) is 49.6 Å². The van der Waals surface area contributed by atoms with Crippen molar-refractivity contribution in [3.63, 3.8) is 0 Å². The van der Waals surface area contributed by atoms with E-state index >= 15 is 4.39 Å². The van der Waals surface area contributed by atoms with Crippen molar-refractivity contribution in [3.8, 4) is 6.01 Å². The first-order valence-electron chi connectivity index (χ1n) is 14.9. The Balaban J connectivity index is 1.28. The highest BCUT2D eigenvalue weighted by Gasteiger charge is 2.53. The lowest BCUT2D eigenvalue weighted by molar-refractivity contribution is 0.147. The first kappa shape index (κ1) is 29.0. The standard InChI is InChI=1S/C33H38ClFN4O2Si/c1-32(2,3)42(24-13-7-4-8-14-24,25-15-9-5-10-16-25)41-23-33(17-18-33)22-40-31-37-28-26(21-36-29(34)27(28)35)30(38-31)39-19-11-6-12-20-39/h4-5,7-10,13-16,21H,6,11-12,17-20,22-23H2,1-3H3. The lowest BCUT2D eigenvalue weighted by atomic mass is 10.1. The topological polar surface area (TPSA) is 60.4 Å². The summed E-state index contributed by atoms with van der Waals surface area (Å²) in [6, 6.07) is 21.5. The molecule has 2 aromatic carbocycles. The molecule has 2 aromatic heterocycles. The minimum absolute atomic E-state index is 0.109. The molecule has 1 saturated heterocycles. The molecule has 2 fully saturated rings. The van der Waals surface area contributed by atoms with Crippen molar-refractivity contribution in [1.29, 1.82) is 0 Å². The number of hydrogen-bond acceptors (Lipinski definition) is 6. The molecular weight excluding hydrogens is 567 g/mol. The van der Waals surface area contributed by atoms with Crippen molar-refractivity contribution in [2.24, 2.45) is 5.41 Å². The van der Waals surface area contributed by atoms with Gasteiger partial charge in [-0.2, -0.15) is 9.97 Å². The van der Waals surface area contributed by atoms with Gasteiger partial charge in [0, 0.05) is 31.3 Å². The molecule has 0 radical (unpaired) electrons. The average molecular weight is 605 g/mol. The Kier molecular flexibility index (Phi) is 7.98. The van der Waals surface area contributed by atoms with Crippen LogP contribution in [0.15, 0.2) is 66.9 Å². The number of rotatable bonds is 9. The lowest BCUT2D eigenvalue weighted by Gasteiger charge is -2.43. The van der Waals surface area contributed by atoms with Crippen molar-refractivity contribution >= 4 is 47.0 Å². The third-order valence-corrected chi connectivity index (χ3v) is 14.0. The van der Waals surface area contributed by atoms with Crippen LogP contribution in [0.2, 0.25) is 10.2 Å². The third-order valence-electron chi connectivity index (χ3n) is 8.73. The minimum Gasteiger partial charge on any atom is -0.463 e. The third kappa shape index (κ3) is 5.52. The second kappa shape index (κ2) is 11.5. The maximum absolute atomic E-state index is 15.1. The largest absolute Gasteiger partial charge is 0.463 e. The number of anilines is 1. The van der Waals surface area contributed by atoms with Gasteiger partial charge in [0.25, 0.3) is 8.32 Å². The Morgan fingerprint density at radius 1 is 0.905 bits per heavy atom. The lowest BCUT2D eigenvalue weighted by Crippen LogP contribution is -2.67. The van der Waals surface area contributed by atoms with Crippen molar-refractivity contribution < 1.29 is 13.6 Å². The maximum Gasteiger partial charge on any atom is 0.319 e. The molecule has 0 N–H and O–H groups in total. The van der Waals surface area contributed by atoms with Gasteiger partial charge in [0.05, 0.1) is 12.0 Å². The highest BCUT2D eigenvalue weighted by Crippen LogP contribution is 2.48. The van der Waals surface area contributed by atoms with Gasteiger partial charge < -0.3 is 14.1 Å². The monoisotopic (exact) mass is 604 g/mol. The molecular formula is C33H38ClFN4O2Si. The van der Waals surface area contributed by atoms with Gasteiger partial charge >= 0.3 is 6.01 Å². The highest BCUT2D eigenvalue weighted by molar-refractivity contribution is 6.99. The van der Waals surface area contributed by atoms with Crippen LogP contribution >= 0.6 is 11.6 Å². The predicted molar refractivity (Wildman–Crippen MR) is 169 cm³/mol. The van der Waals surface area contributed by atoms with Crippen LogP contribution in [0.1, 0.15) is 52.9 Å². The van der Waals surface area contributed by atoms with Crippen molar-refractivity contribution in [2.75, 3.05) is 31.2 Å². The second-order valence-electron chi connectivity index (χ2n) is 12.7. The molecule has 42 heavy (non-hydrogen) atoms. The van der Waals surface area contributed by atoms with Gasteiger partial charge in [0.1, 0.15) is 11.3 Å². The summed E-state index contributed by atoms with van der Waals surface area (Å²) in [5, 5.41) is 2.76. The molecule has 0 spiro atoms. The van der Waals surface area contributed by atoms with Crippen LogP contribution in [0.3, 0.4) is 0 Å². The van der Waals surface area contributed by atoms with Gasteiger partial charge in [-0.1, -0.05) is 93.0 Å². The van der Waals surface area contributed by atoms with E-state index in [1.54, 1.807) is 6.20 Å². The van der Waals surface area contributed by atoms with Crippen LogP contribution in [0.25, 0.3) is 10.9 Å². The average Bonchev–Trinajstić information content (AvgIpc) is 3.79. The molecule has 0 bridgehead atoms. The quantitative estimate of drug-likeness (QED) is 0.160. The van der Waals surface area contributed by atoms with E-state index in [1.807, 2.05) is 0 Å². The van der Waals surface area contributed by atoms with E-state index in [1.165, 1.54) is 16.8 Å². The second-order valence-corrected chi connectivity index (χ2v) is 17.4.